The fraction of sp³-hybridized carbons (Fsp3) is 0.500. The fourth-order valence-electron chi connectivity index (χ4n) is 5.33. The number of ether oxygens (including phenoxy) is 1. The molecule has 1 N–H and O–H groups in total. The van der Waals surface area contributed by atoms with Gasteiger partial charge in [0.1, 0.15) is 0 Å². The number of halogens is 2. The summed E-state index contributed by atoms with van der Waals surface area (Å²) in [6.45, 7) is 4.96. The number of aliphatic carboxylic acids is 1. The second kappa shape index (κ2) is 10.9. The SMILES string of the molecule is CC[C@@H](COCC1CC1)N1C(=O)[C@@](C)(CC(=O)O)C[C@H](c2cccc(Cl)c2)[C@H]1c1ccc(Cl)cc1. The fourth-order valence-corrected chi connectivity index (χ4v) is 5.66. The third kappa shape index (κ3) is 6.02. The maximum absolute atomic E-state index is 14.1. The van der Waals surface area contributed by atoms with E-state index in [0.717, 1.165) is 11.1 Å². The smallest absolute Gasteiger partial charge is 0.304 e. The zero-order chi connectivity index (χ0) is 25.2. The number of carbonyl (C=O) groups excluding carboxylic acids is 1. The van der Waals surface area contributed by atoms with E-state index >= 15 is 0 Å². The Kier molecular flexibility index (Phi) is 8.09. The van der Waals surface area contributed by atoms with Gasteiger partial charge in [0.25, 0.3) is 0 Å². The number of likely N-dealkylation sites (tertiary alicyclic amines) is 1. The number of amides is 1. The molecule has 4 atom stereocenters. The molecular weight excluding hydrogens is 485 g/mol. The predicted octanol–water partition coefficient (Wildman–Crippen LogP) is 6.74. The van der Waals surface area contributed by atoms with Gasteiger partial charge in [0, 0.05) is 22.6 Å². The van der Waals surface area contributed by atoms with E-state index < -0.39 is 11.4 Å². The summed E-state index contributed by atoms with van der Waals surface area (Å²) in [7, 11) is 0. The molecular formula is C28H33Cl2NO4. The summed E-state index contributed by atoms with van der Waals surface area (Å²) in [5.74, 6) is -0.642. The largest absolute Gasteiger partial charge is 0.481 e. The molecule has 2 aromatic rings. The van der Waals surface area contributed by atoms with E-state index in [0.29, 0.717) is 42.0 Å². The minimum atomic E-state index is -1.05. The number of rotatable bonds is 10. The molecule has 1 amide bonds. The van der Waals surface area contributed by atoms with Crippen LogP contribution in [0.15, 0.2) is 48.5 Å². The maximum atomic E-state index is 14.1. The van der Waals surface area contributed by atoms with Gasteiger partial charge in [0.2, 0.25) is 5.91 Å². The van der Waals surface area contributed by atoms with Crippen molar-refractivity contribution in [3.8, 4) is 0 Å². The summed E-state index contributed by atoms with van der Waals surface area (Å²) >= 11 is 12.6. The molecule has 1 heterocycles. The van der Waals surface area contributed by atoms with Crippen molar-refractivity contribution in [2.75, 3.05) is 13.2 Å². The molecule has 1 saturated heterocycles. The molecule has 0 aromatic heterocycles. The number of carbonyl (C=O) groups is 2. The molecule has 0 spiro atoms. The van der Waals surface area contributed by atoms with Crippen molar-refractivity contribution in [1.82, 2.24) is 4.90 Å². The van der Waals surface area contributed by atoms with E-state index in [2.05, 4.69) is 6.92 Å². The molecule has 0 unspecified atom stereocenters. The molecule has 2 fully saturated rings. The Morgan fingerprint density at radius 1 is 1.14 bits per heavy atom. The molecule has 188 valence electrons. The second-order valence-corrected chi connectivity index (χ2v) is 11.1. The molecule has 4 rings (SSSR count). The Bertz CT molecular complexity index is 1060. The second-order valence-electron chi connectivity index (χ2n) is 10.2. The van der Waals surface area contributed by atoms with Gasteiger partial charge in [0.05, 0.1) is 30.5 Å². The van der Waals surface area contributed by atoms with E-state index in [4.69, 9.17) is 27.9 Å². The molecule has 2 aliphatic rings. The quantitative estimate of drug-likeness (QED) is 0.379. The normalized spacial score (nSPS) is 25.5. The lowest BCUT2D eigenvalue weighted by atomic mass is 9.67. The van der Waals surface area contributed by atoms with E-state index in [1.165, 1.54) is 12.8 Å². The number of hydrogen-bond donors (Lipinski definition) is 1. The Morgan fingerprint density at radius 2 is 1.86 bits per heavy atom. The van der Waals surface area contributed by atoms with Crippen molar-refractivity contribution in [2.24, 2.45) is 11.3 Å². The van der Waals surface area contributed by atoms with Crippen LogP contribution in [0.1, 0.15) is 69.0 Å². The lowest BCUT2D eigenvalue weighted by Gasteiger charge is -2.51. The van der Waals surface area contributed by atoms with Gasteiger partial charge in [-0.05, 0) is 67.0 Å². The minimum absolute atomic E-state index is 0.139. The third-order valence-corrected chi connectivity index (χ3v) is 7.84. The summed E-state index contributed by atoms with van der Waals surface area (Å²) in [5, 5.41) is 11.0. The summed E-state index contributed by atoms with van der Waals surface area (Å²) < 4.78 is 6.07. The predicted molar refractivity (Wildman–Crippen MR) is 138 cm³/mol. The molecule has 5 nitrogen and oxygen atoms in total. The van der Waals surface area contributed by atoms with Crippen LogP contribution in [0.4, 0.5) is 0 Å². The third-order valence-electron chi connectivity index (χ3n) is 7.36. The van der Waals surface area contributed by atoms with E-state index in [1.807, 2.05) is 53.4 Å². The van der Waals surface area contributed by atoms with Crippen LogP contribution in [0.2, 0.25) is 10.0 Å². The van der Waals surface area contributed by atoms with E-state index in [-0.39, 0.29) is 30.3 Å². The first-order chi connectivity index (χ1) is 16.7. The highest BCUT2D eigenvalue weighted by Crippen LogP contribution is 2.52. The van der Waals surface area contributed by atoms with Crippen LogP contribution in [0.25, 0.3) is 0 Å². The van der Waals surface area contributed by atoms with Crippen molar-refractivity contribution in [3.05, 3.63) is 69.7 Å². The Balaban J connectivity index is 1.81. The van der Waals surface area contributed by atoms with Crippen LogP contribution in [0.5, 0.6) is 0 Å². The molecule has 2 aromatic carbocycles. The van der Waals surface area contributed by atoms with Gasteiger partial charge in [-0.1, -0.05) is 61.3 Å². The molecule has 7 heteroatoms. The van der Waals surface area contributed by atoms with Crippen LogP contribution in [0.3, 0.4) is 0 Å². The summed E-state index contributed by atoms with van der Waals surface area (Å²) in [6, 6.07) is 14.8. The molecule has 0 radical (unpaired) electrons. The summed E-state index contributed by atoms with van der Waals surface area (Å²) in [6.07, 6.45) is 3.26. The monoisotopic (exact) mass is 517 g/mol. The molecule has 35 heavy (non-hydrogen) atoms. The minimum Gasteiger partial charge on any atom is -0.481 e. The standard InChI is InChI=1S/C28H33Cl2NO4/c1-3-23(17-35-16-18-7-8-18)31-26(19-9-11-21(29)12-10-19)24(20-5-4-6-22(30)13-20)14-28(2,27(31)34)15-25(32)33/h4-6,9-13,18,23-24,26H,3,7-8,14-17H2,1-2H3,(H,32,33)/t23-,24+,26+,28+/m0/s1. The highest BCUT2D eigenvalue weighted by atomic mass is 35.5. The highest BCUT2D eigenvalue weighted by Gasteiger charge is 2.52. The van der Waals surface area contributed by atoms with Crippen LogP contribution in [-0.4, -0.2) is 41.1 Å². The van der Waals surface area contributed by atoms with Gasteiger partial charge in [-0.2, -0.15) is 0 Å². The van der Waals surface area contributed by atoms with Crippen molar-refractivity contribution in [2.45, 2.75) is 64.0 Å². The Labute approximate surface area is 217 Å². The van der Waals surface area contributed by atoms with Gasteiger partial charge in [-0.25, -0.2) is 0 Å². The van der Waals surface area contributed by atoms with Crippen molar-refractivity contribution >= 4 is 35.1 Å². The molecule has 1 aliphatic carbocycles. The van der Waals surface area contributed by atoms with Crippen LogP contribution >= 0.6 is 23.2 Å². The lowest BCUT2D eigenvalue weighted by molar-refractivity contribution is -0.162. The average Bonchev–Trinajstić information content (AvgIpc) is 3.63. The van der Waals surface area contributed by atoms with Crippen molar-refractivity contribution in [1.29, 1.82) is 0 Å². The maximum Gasteiger partial charge on any atom is 0.304 e. The van der Waals surface area contributed by atoms with Gasteiger partial charge >= 0.3 is 5.97 Å². The van der Waals surface area contributed by atoms with Gasteiger partial charge < -0.3 is 14.7 Å². The first kappa shape index (κ1) is 26.0. The lowest BCUT2D eigenvalue weighted by Crippen LogP contribution is -2.57. The Morgan fingerprint density at radius 3 is 2.46 bits per heavy atom. The van der Waals surface area contributed by atoms with Gasteiger partial charge in [-0.3, -0.25) is 9.59 Å². The average molecular weight is 518 g/mol. The number of carboxylic acid groups (broad SMARTS) is 1. The molecule has 1 aliphatic heterocycles. The highest BCUT2D eigenvalue weighted by molar-refractivity contribution is 6.30. The van der Waals surface area contributed by atoms with E-state index in [1.54, 1.807) is 6.92 Å². The number of nitrogens with zero attached hydrogens (tertiary/aromatic N) is 1. The first-order valence-corrected chi connectivity index (χ1v) is 13.1. The number of piperidine rings is 1. The number of benzene rings is 2. The van der Waals surface area contributed by atoms with Crippen LogP contribution < -0.4 is 0 Å². The van der Waals surface area contributed by atoms with Gasteiger partial charge in [-0.15, -0.1) is 0 Å². The molecule has 0 bridgehead atoms. The Hall–Kier alpha value is -2.08. The summed E-state index contributed by atoms with van der Waals surface area (Å²) in [4.78, 5) is 27.9. The summed E-state index contributed by atoms with van der Waals surface area (Å²) in [5.41, 5.74) is 0.900. The zero-order valence-electron chi connectivity index (χ0n) is 20.3. The molecule has 1 saturated carbocycles. The zero-order valence-corrected chi connectivity index (χ0v) is 21.8. The van der Waals surface area contributed by atoms with Crippen LogP contribution in [-0.2, 0) is 14.3 Å². The van der Waals surface area contributed by atoms with Crippen LogP contribution in [0, 0.1) is 11.3 Å². The van der Waals surface area contributed by atoms with Crippen molar-refractivity contribution in [3.63, 3.8) is 0 Å². The van der Waals surface area contributed by atoms with Crippen molar-refractivity contribution < 1.29 is 19.4 Å². The van der Waals surface area contributed by atoms with Gasteiger partial charge in [0.15, 0.2) is 0 Å². The first-order valence-electron chi connectivity index (χ1n) is 12.3. The van der Waals surface area contributed by atoms with E-state index in [9.17, 15) is 14.7 Å². The topological polar surface area (TPSA) is 66.8 Å². The number of carboxylic acids is 1. The number of hydrogen-bond acceptors (Lipinski definition) is 3.